The van der Waals surface area contributed by atoms with E-state index in [2.05, 4.69) is 15.3 Å². The summed E-state index contributed by atoms with van der Waals surface area (Å²) < 4.78 is 13.8. The number of fused-ring (bicyclic) bond motifs is 1. The third-order valence-electron chi connectivity index (χ3n) is 2.89. The van der Waals surface area contributed by atoms with Gasteiger partial charge in [0.15, 0.2) is 0 Å². The maximum atomic E-state index is 13.8. The van der Waals surface area contributed by atoms with Crippen LogP contribution in [0.1, 0.15) is 11.1 Å². The van der Waals surface area contributed by atoms with Gasteiger partial charge in [-0.1, -0.05) is 6.07 Å². The van der Waals surface area contributed by atoms with Crippen LogP contribution in [0.4, 0.5) is 10.2 Å². The van der Waals surface area contributed by atoms with Crippen LogP contribution in [0.15, 0.2) is 36.0 Å². The summed E-state index contributed by atoms with van der Waals surface area (Å²) >= 11 is 1.53. The maximum Gasteiger partial charge on any atom is 0.138 e. The number of rotatable bonds is 3. The molecule has 3 aromatic rings. The van der Waals surface area contributed by atoms with Crippen LogP contribution in [0.3, 0.4) is 0 Å². The highest BCUT2D eigenvalue weighted by atomic mass is 32.1. The molecule has 0 unspecified atom stereocenters. The van der Waals surface area contributed by atoms with Gasteiger partial charge in [0.25, 0.3) is 0 Å². The van der Waals surface area contributed by atoms with E-state index in [1.807, 2.05) is 17.5 Å². The van der Waals surface area contributed by atoms with Crippen LogP contribution in [0.5, 0.6) is 0 Å². The first kappa shape index (κ1) is 12.5. The zero-order valence-electron chi connectivity index (χ0n) is 10.3. The number of hydrogen-bond acceptors (Lipinski definition) is 5. The molecule has 0 aliphatic heterocycles. The Labute approximate surface area is 118 Å². The third-order valence-corrected chi connectivity index (χ3v) is 3.71. The average molecular weight is 284 g/mol. The fraction of sp³-hybridized carbons (Fsp3) is 0.0714. The molecule has 6 heteroatoms. The summed E-state index contributed by atoms with van der Waals surface area (Å²) in [6, 6.07) is 8.27. The number of nitrogens with one attached hydrogen (secondary N) is 1. The van der Waals surface area contributed by atoms with Crippen molar-refractivity contribution < 1.29 is 4.39 Å². The van der Waals surface area contributed by atoms with Gasteiger partial charge in [0.1, 0.15) is 22.8 Å². The summed E-state index contributed by atoms with van der Waals surface area (Å²) in [5.41, 5.74) is 0.805. The molecule has 0 atom stereocenters. The number of halogens is 1. The Bertz CT molecular complexity index is 806. The van der Waals surface area contributed by atoms with E-state index < -0.39 is 5.82 Å². The van der Waals surface area contributed by atoms with Gasteiger partial charge in [-0.2, -0.15) is 5.26 Å². The van der Waals surface area contributed by atoms with E-state index in [-0.39, 0.29) is 0 Å². The zero-order chi connectivity index (χ0) is 13.9. The number of nitriles is 1. The Hall–Kier alpha value is -2.52. The lowest BCUT2D eigenvalue weighted by Gasteiger charge is -2.07. The molecule has 98 valence electrons. The number of thiophene rings is 1. The summed E-state index contributed by atoms with van der Waals surface area (Å²) in [4.78, 5) is 9.21. The highest BCUT2D eigenvalue weighted by molar-refractivity contribution is 7.16. The van der Waals surface area contributed by atoms with Crippen LogP contribution in [-0.2, 0) is 6.54 Å². The minimum absolute atomic E-state index is 0.305. The minimum atomic E-state index is -0.396. The lowest BCUT2D eigenvalue weighted by atomic mass is 10.1. The number of hydrogen-bond donors (Lipinski definition) is 1. The van der Waals surface area contributed by atoms with E-state index in [0.717, 1.165) is 10.2 Å². The minimum Gasteiger partial charge on any atom is -0.365 e. The second kappa shape index (κ2) is 5.23. The molecule has 0 aliphatic carbocycles. The summed E-state index contributed by atoms with van der Waals surface area (Å²) in [6.07, 6.45) is 1.48. The quantitative estimate of drug-likeness (QED) is 0.801. The molecule has 4 nitrogen and oxygen atoms in total. The Kier molecular flexibility index (Phi) is 3.27. The summed E-state index contributed by atoms with van der Waals surface area (Å²) in [7, 11) is 0. The number of aromatic nitrogens is 2. The average Bonchev–Trinajstić information content (AvgIpc) is 2.95. The van der Waals surface area contributed by atoms with Gasteiger partial charge in [0, 0.05) is 12.1 Å². The van der Waals surface area contributed by atoms with Crippen LogP contribution in [0.25, 0.3) is 10.2 Å². The van der Waals surface area contributed by atoms with Crippen LogP contribution < -0.4 is 5.32 Å². The Morgan fingerprint density at radius 2 is 2.20 bits per heavy atom. The van der Waals surface area contributed by atoms with Crippen molar-refractivity contribution in [3.63, 3.8) is 0 Å². The summed E-state index contributed by atoms with van der Waals surface area (Å²) in [6.45, 7) is 0.305. The first-order valence-corrected chi connectivity index (χ1v) is 6.76. The van der Waals surface area contributed by atoms with Crippen molar-refractivity contribution >= 4 is 27.4 Å². The fourth-order valence-electron chi connectivity index (χ4n) is 1.87. The van der Waals surface area contributed by atoms with Crippen molar-refractivity contribution in [1.82, 2.24) is 9.97 Å². The van der Waals surface area contributed by atoms with Gasteiger partial charge in [-0.25, -0.2) is 14.4 Å². The van der Waals surface area contributed by atoms with Crippen molar-refractivity contribution in [3.8, 4) is 6.07 Å². The summed E-state index contributed by atoms with van der Waals surface area (Å²) in [5, 5.41) is 14.7. The molecule has 0 saturated heterocycles. The van der Waals surface area contributed by atoms with E-state index in [4.69, 9.17) is 5.26 Å². The molecule has 0 fully saturated rings. The molecule has 0 amide bonds. The SMILES string of the molecule is N#Cc1ccc(CNc2ncnc3sccc23)c(F)c1. The normalized spacial score (nSPS) is 10.4. The van der Waals surface area contributed by atoms with Gasteiger partial charge in [-0.3, -0.25) is 0 Å². The van der Waals surface area contributed by atoms with E-state index in [0.29, 0.717) is 23.5 Å². The van der Waals surface area contributed by atoms with Crippen molar-refractivity contribution in [2.24, 2.45) is 0 Å². The van der Waals surface area contributed by atoms with Gasteiger partial charge in [0.2, 0.25) is 0 Å². The first-order chi connectivity index (χ1) is 9.78. The molecule has 20 heavy (non-hydrogen) atoms. The molecule has 0 aliphatic rings. The van der Waals surface area contributed by atoms with E-state index in [1.165, 1.54) is 23.7 Å². The van der Waals surface area contributed by atoms with Crippen molar-refractivity contribution in [2.45, 2.75) is 6.54 Å². The molecule has 2 aromatic heterocycles. The third kappa shape index (κ3) is 2.31. The Morgan fingerprint density at radius 3 is 3.00 bits per heavy atom. The molecule has 0 spiro atoms. The first-order valence-electron chi connectivity index (χ1n) is 5.88. The number of anilines is 1. The maximum absolute atomic E-state index is 13.8. The molecular formula is C14H9FN4S. The van der Waals surface area contributed by atoms with Crippen LogP contribution in [0.2, 0.25) is 0 Å². The molecular weight excluding hydrogens is 275 g/mol. The van der Waals surface area contributed by atoms with Gasteiger partial charge >= 0.3 is 0 Å². The van der Waals surface area contributed by atoms with E-state index in [1.54, 1.807) is 12.1 Å². The van der Waals surface area contributed by atoms with Crippen molar-refractivity contribution in [3.05, 3.63) is 52.9 Å². The van der Waals surface area contributed by atoms with Crippen molar-refractivity contribution in [2.75, 3.05) is 5.32 Å². The number of benzene rings is 1. The largest absolute Gasteiger partial charge is 0.365 e. The molecule has 1 N–H and O–H groups in total. The Balaban J connectivity index is 1.83. The lowest BCUT2D eigenvalue weighted by molar-refractivity contribution is 0.612. The van der Waals surface area contributed by atoms with Gasteiger partial charge < -0.3 is 5.32 Å². The molecule has 2 heterocycles. The van der Waals surface area contributed by atoms with Crippen LogP contribution in [0, 0.1) is 17.1 Å². The molecule has 0 bridgehead atoms. The predicted octanol–water partition coefficient (Wildman–Crippen LogP) is 3.31. The van der Waals surface area contributed by atoms with E-state index >= 15 is 0 Å². The van der Waals surface area contributed by atoms with Crippen LogP contribution >= 0.6 is 11.3 Å². The molecule has 3 rings (SSSR count). The van der Waals surface area contributed by atoms with E-state index in [9.17, 15) is 4.39 Å². The second-order valence-corrected chi connectivity index (χ2v) is 5.03. The standard InChI is InChI=1S/C14H9FN4S/c15-12-5-9(6-16)1-2-10(12)7-17-13-11-3-4-20-14(11)19-8-18-13/h1-5,8H,7H2,(H,17,18,19). The molecule has 0 saturated carbocycles. The van der Waals surface area contributed by atoms with Gasteiger partial charge in [0.05, 0.1) is 17.0 Å². The van der Waals surface area contributed by atoms with Gasteiger partial charge in [-0.15, -0.1) is 11.3 Å². The van der Waals surface area contributed by atoms with Crippen LogP contribution in [-0.4, -0.2) is 9.97 Å². The highest BCUT2D eigenvalue weighted by Gasteiger charge is 2.07. The lowest BCUT2D eigenvalue weighted by Crippen LogP contribution is -2.04. The highest BCUT2D eigenvalue weighted by Crippen LogP contribution is 2.24. The number of nitrogens with zero attached hydrogens (tertiary/aromatic N) is 3. The second-order valence-electron chi connectivity index (χ2n) is 4.13. The van der Waals surface area contributed by atoms with Gasteiger partial charge in [-0.05, 0) is 23.6 Å². The summed E-state index contributed by atoms with van der Waals surface area (Å²) in [5.74, 6) is 0.284. The molecule has 0 radical (unpaired) electrons. The smallest absolute Gasteiger partial charge is 0.138 e. The molecule has 1 aromatic carbocycles. The van der Waals surface area contributed by atoms with Crippen molar-refractivity contribution in [1.29, 1.82) is 5.26 Å². The monoisotopic (exact) mass is 284 g/mol. The Morgan fingerprint density at radius 1 is 1.30 bits per heavy atom. The predicted molar refractivity (Wildman–Crippen MR) is 75.9 cm³/mol. The fourth-order valence-corrected chi connectivity index (χ4v) is 2.60. The topological polar surface area (TPSA) is 61.6 Å². The zero-order valence-corrected chi connectivity index (χ0v) is 11.1.